The van der Waals surface area contributed by atoms with Crippen LogP contribution in [-0.4, -0.2) is 36.3 Å². The van der Waals surface area contributed by atoms with Crippen LogP contribution < -0.4 is 4.80 Å². The average Bonchev–Trinajstić information content (AvgIpc) is 3.02. The van der Waals surface area contributed by atoms with E-state index in [1.807, 2.05) is 23.7 Å². The lowest BCUT2D eigenvalue weighted by Crippen LogP contribution is -2.39. The van der Waals surface area contributed by atoms with Crippen molar-refractivity contribution >= 4 is 49.1 Å². The molecule has 158 valence electrons. The molecule has 0 saturated carbocycles. The molecule has 9 heteroatoms. The van der Waals surface area contributed by atoms with Crippen molar-refractivity contribution in [3.63, 3.8) is 0 Å². The smallest absolute Gasteiger partial charge is 0.279 e. The third kappa shape index (κ3) is 4.09. The Morgan fingerprint density at radius 3 is 2.63 bits per heavy atom. The van der Waals surface area contributed by atoms with Crippen molar-refractivity contribution in [3.8, 4) is 0 Å². The first-order valence-electron chi connectivity index (χ1n) is 9.70. The number of thiazole rings is 1. The van der Waals surface area contributed by atoms with Gasteiger partial charge in [-0.25, -0.2) is 8.42 Å². The summed E-state index contributed by atoms with van der Waals surface area (Å²) in [6.45, 7) is 3.13. The first-order valence-corrected chi connectivity index (χ1v) is 12.3. The lowest BCUT2D eigenvalue weighted by molar-refractivity contribution is 0.0998. The number of amides is 1. The summed E-state index contributed by atoms with van der Waals surface area (Å²) in [7, 11) is -1.71. The third-order valence-corrected chi connectivity index (χ3v) is 8.54. The van der Waals surface area contributed by atoms with Crippen molar-refractivity contribution in [2.75, 3.05) is 13.1 Å². The van der Waals surface area contributed by atoms with Gasteiger partial charge in [0.1, 0.15) is 0 Å². The quantitative estimate of drug-likeness (QED) is 0.588. The summed E-state index contributed by atoms with van der Waals surface area (Å²) in [6, 6.07) is 11.5. The number of rotatable bonds is 3. The lowest BCUT2D eigenvalue weighted by atomic mass is 10.0. The van der Waals surface area contributed by atoms with Gasteiger partial charge >= 0.3 is 0 Å². The fraction of sp³-hybridized carbons (Fsp3) is 0.333. The molecule has 1 aromatic heterocycles. The molecule has 0 aliphatic carbocycles. The summed E-state index contributed by atoms with van der Waals surface area (Å²) in [4.78, 5) is 17.6. The molecule has 4 rings (SSSR count). The summed E-state index contributed by atoms with van der Waals surface area (Å²) >= 11 is 7.42. The van der Waals surface area contributed by atoms with Crippen LogP contribution in [0.15, 0.2) is 52.4 Å². The molecule has 0 N–H and O–H groups in total. The molecule has 30 heavy (non-hydrogen) atoms. The monoisotopic (exact) mass is 463 g/mol. The van der Waals surface area contributed by atoms with Gasteiger partial charge in [0.2, 0.25) is 10.0 Å². The predicted octanol–water partition coefficient (Wildman–Crippen LogP) is 4.05. The molecule has 1 aliphatic rings. The number of aryl methyl sites for hydroxylation is 1. The van der Waals surface area contributed by atoms with Crippen molar-refractivity contribution in [1.29, 1.82) is 0 Å². The summed E-state index contributed by atoms with van der Waals surface area (Å²) in [5, 5.41) is 0.627. The van der Waals surface area contributed by atoms with Crippen LogP contribution in [0.25, 0.3) is 10.2 Å². The molecule has 0 unspecified atom stereocenters. The zero-order valence-corrected chi connectivity index (χ0v) is 19.1. The molecule has 1 aliphatic heterocycles. The van der Waals surface area contributed by atoms with Gasteiger partial charge in [-0.1, -0.05) is 29.9 Å². The van der Waals surface area contributed by atoms with Crippen molar-refractivity contribution in [3.05, 3.63) is 57.9 Å². The maximum absolute atomic E-state index is 12.9. The van der Waals surface area contributed by atoms with E-state index in [4.69, 9.17) is 11.6 Å². The maximum Gasteiger partial charge on any atom is 0.279 e. The summed E-state index contributed by atoms with van der Waals surface area (Å²) in [5.74, 6) is -0.0658. The number of hydrogen-bond acceptors (Lipinski definition) is 4. The van der Waals surface area contributed by atoms with Gasteiger partial charge in [0.05, 0.1) is 15.1 Å². The highest BCUT2D eigenvalue weighted by Gasteiger charge is 2.28. The van der Waals surface area contributed by atoms with E-state index in [0.717, 1.165) is 23.1 Å². The van der Waals surface area contributed by atoms with Gasteiger partial charge in [-0.15, -0.1) is 0 Å². The van der Waals surface area contributed by atoms with Crippen LogP contribution in [-0.2, 0) is 17.1 Å². The highest BCUT2D eigenvalue weighted by Crippen LogP contribution is 2.24. The van der Waals surface area contributed by atoms with E-state index < -0.39 is 15.9 Å². The zero-order valence-electron chi connectivity index (χ0n) is 16.7. The molecule has 0 radical (unpaired) electrons. The van der Waals surface area contributed by atoms with Gasteiger partial charge < -0.3 is 4.57 Å². The van der Waals surface area contributed by atoms with E-state index in [1.165, 1.54) is 39.9 Å². The highest BCUT2D eigenvalue weighted by molar-refractivity contribution is 7.89. The molecule has 2 aromatic carbocycles. The second kappa shape index (κ2) is 8.26. The number of carbonyl (C=O) groups is 1. The van der Waals surface area contributed by atoms with Gasteiger partial charge in [-0.2, -0.15) is 9.30 Å². The van der Waals surface area contributed by atoms with E-state index in [0.29, 0.717) is 34.4 Å². The van der Waals surface area contributed by atoms with Crippen LogP contribution in [0, 0.1) is 5.92 Å². The molecule has 2 heterocycles. The fourth-order valence-corrected chi connectivity index (χ4v) is 6.54. The van der Waals surface area contributed by atoms with Crippen LogP contribution in [0.4, 0.5) is 0 Å². The Morgan fingerprint density at radius 2 is 1.93 bits per heavy atom. The van der Waals surface area contributed by atoms with Gasteiger partial charge in [-0.05, 0) is 61.2 Å². The van der Waals surface area contributed by atoms with Gasteiger partial charge in [0.15, 0.2) is 4.80 Å². The molecule has 1 atom stereocenters. The van der Waals surface area contributed by atoms with Crippen LogP contribution >= 0.6 is 22.9 Å². The molecule has 0 bridgehead atoms. The number of aromatic nitrogens is 1. The topological polar surface area (TPSA) is 71.7 Å². The largest absolute Gasteiger partial charge is 0.319 e. The Kier molecular flexibility index (Phi) is 5.85. The highest BCUT2D eigenvalue weighted by atomic mass is 35.5. The molecular weight excluding hydrogens is 442 g/mol. The van der Waals surface area contributed by atoms with Gasteiger partial charge in [0.25, 0.3) is 5.91 Å². The number of piperidine rings is 1. The Labute approximate surface area is 184 Å². The minimum Gasteiger partial charge on any atom is -0.319 e. The number of carbonyl (C=O) groups excluding carboxylic acids is 1. The molecule has 1 amide bonds. The molecule has 1 saturated heterocycles. The number of halogens is 1. The number of nitrogens with zero attached hydrogens (tertiary/aromatic N) is 3. The Morgan fingerprint density at radius 1 is 1.20 bits per heavy atom. The normalized spacial score (nSPS) is 18.8. The second-order valence-corrected chi connectivity index (χ2v) is 11.0. The number of fused-ring (bicyclic) bond motifs is 1. The summed E-state index contributed by atoms with van der Waals surface area (Å²) in [6.07, 6.45) is 1.91. The first-order chi connectivity index (χ1) is 14.3. The molecule has 6 nitrogen and oxygen atoms in total. The average molecular weight is 464 g/mol. The Balaban J connectivity index is 1.61. The van der Waals surface area contributed by atoms with E-state index in [-0.39, 0.29) is 4.90 Å². The minimum absolute atomic E-state index is 0.204. The summed E-state index contributed by atoms with van der Waals surface area (Å²) in [5.41, 5.74) is 1.28. The van der Waals surface area contributed by atoms with Crippen LogP contribution in [0.3, 0.4) is 0 Å². The standard InChI is InChI=1S/C21H22ClN3O3S2/c1-14-4-3-11-25(13-14)30(27,28)17-8-5-15(6-9-17)20(26)23-21-24(2)18-10-7-16(22)12-19(18)29-21/h5-10,12,14H,3-4,11,13H2,1-2H3/t14-/m1/s1. The number of benzene rings is 2. The second-order valence-electron chi connectivity index (χ2n) is 7.61. The molecule has 0 spiro atoms. The van der Waals surface area contributed by atoms with E-state index >= 15 is 0 Å². The zero-order chi connectivity index (χ0) is 21.5. The molecular formula is C21H22ClN3O3S2. The third-order valence-electron chi connectivity index (χ3n) is 5.33. The van der Waals surface area contributed by atoms with Crippen molar-refractivity contribution in [1.82, 2.24) is 8.87 Å². The predicted molar refractivity (Wildman–Crippen MR) is 119 cm³/mol. The van der Waals surface area contributed by atoms with E-state index in [1.54, 1.807) is 6.07 Å². The molecule has 1 fully saturated rings. The molecule has 3 aromatic rings. The van der Waals surface area contributed by atoms with Crippen molar-refractivity contribution in [2.24, 2.45) is 18.0 Å². The van der Waals surface area contributed by atoms with E-state index in [9.17, 15) is 13.2 Å². The maximum atomic E-state index is 12.9. The van der Waals surface area contributed by atoms with Gasteiger partial charge in [0, 0.05) is 30.7 Å². The van der Waals surface area contributed by atoms with Crippen LogP contribution in [0.1, 0.15) is 30.1 Å². The first kappa shape index (κ1) is 21.2. The van der Waals surface area contributed by atoms with E-state index in [2.05, 4.69) is 11.9 Å². The van der Waals surface area contributed by atoms with Gasteiger partial charge in [-0.3, -0.25) is 4.79 Å². The minimum atomic E-state index is -3.55. The number of sulfonamides is 1. The van der Waals surface area contributed by atoms with Crippen molar-refractivity contribution in [2.45, 2.75) is 24.7 Å². The number of hydrogen-bond donors (Lipinski definition) is 0. The SMILES string of the molecule is C[C@@H]1CCCN(S(=O)(=O)c2ccc(C(=O)N=c3sc4cc(Cl)ccc4n3C)cc2)C1. The van der Waals surface area contributed by atoms with Crippen LogP contribution in [0.2, 0.25) is 5.02 Å². The van der Waals surface area contributed by atoms with Crippen molar-refractivity contribution < 1.29 is 13.2 Å². The Bertz CT molecular complexity index is 1280. The Hall–Kier alpha value is -2.00. The summed E-state index contributed by atoms with van der Waals surface area (Å²) < 4.78 is 30.1. The van der Waals surface area contributed by atoms with Crippen LogP contribution in [0.5, 0.6) is 0 Å². The fourth-order valence-electron chi connectivity index (χ4n) is 3.65. The lowest BCUT2D eigenvalue weighted by Gasteiger charge is -2.30.